The fourth-order valence-corrected chi connectivity index (χ4v) is 7.13. The van der Waals surface area contributed by atoms with E-state index in [1.165, 1.54) is 21.3 Å². The summed E-state index contributed by atoms with van der Waals surface area (Å²) in [4.78, 5) is 54.0. The van der Waals surface area contributed by atoms with Crippen LogP contribution in [0.25, 0.3) is 0 Å². The van der Waals surface area contributed by atoms with Gasteiger partial charge in [0, 0.05) is 48.7 Å². The van der Waals surface area contributed by atoms with Gasteiger partial charge in [-0.1, -0.05) is 6.92 Å². The van der Waals surface area contributed by atoms with Crippen molar-refractivity contribution in [2.24, 2.45) is 11.8 Å². The molecule has 200 valence electrons. The van der Waals surface area contributed by atoms with Gasteiger partial charge in [-0.3, -0.25) is 14.4 Å². The number of thioether (sulfide) groups is 1. The largest absolute Gasteiger partial charge is 0.477 e. The first-order valence-electron chi connectivity index (χ1n) is 12.6. The van der Waals surface area contributed by atoms with Gasteiger partial charge in [0.25, 0.3) is 0 Å². The Bertz CT molecular complexity index is 1160. The molecule has 4 heterocycles. The van der Waals surface area contributed by atoms with Crippen LogP contribution in [0.15, 0.2) is 10.6 Å². The molecule has 3 N–H and O–H groups in total. The van der Waals surface area contributed by atoms with Gasteiger partial charge in [-0.25, -0.2) is 9.48 Å². The van der Waals surface area contributed by atoms with Crippen LogP contribution in [0.4, 0.5) is 0 Å². The molecule has 13 nitrogen and oxygen atoms in total. The Balaban J connectivity index is 1.24. The molecule has 37 heavy (non-hydrogen) atoms. The summed E-state index contributed by atoms with van der Waals surface area (Å²) in [7, 11) is 3.42. The lowest BCUT2D eigenvalue weighted by molar-refractivity contribution is -0.158. The minimum absolute atomic E-state index is 0.00967. The molecule has 1 aliphatic carbocycles. The maximum atomic E-state index is 13.2. The van der Waals surface area contributed by atoms with Crippen LogP contribution in [0.1, 0.15) is 44.9 Å². The van der Waals surface area contributed by atoms with E-state index >= 15 is 0 Å². The van der Waals surface area contributed by atoms with Gasteiger partial charge in [-0.15, -0.1) is 16.9 Å². The Kier molecular flexibility index (Phi) is 6.73. The zero-order chi connectivity index (χ0) is 26.6. The Morgan fingerprint density at radius 3 is 2.68 bits per heavy atom. The molecule has 0 spiro atoms. The van der Waals surface area contributed by atoms with Crippen LogP contribution in [0.5, 0.6) is 0 Å². The van der Waals surface area contributed by atoms with E-state index in [2.05, 4.69) is 26.2 Å². The van der Waals surface area contributed by atoms with Crippen molar-refractivity contribution in [2.45, 2.75) is 68.9 Å². The first kappa shape index (κ1) is 25.6. The van der Waals surface area contributed by atoms with Crippen molar-refractivity contribution in [1.29, 1.82) is 0 Å². The lowest BCUT2D eigenvalue weighted by Crippen LogP contribution is -2.66. The predicted octanol–water partition coefficient (Wildman–Crippen LogP) is -0.620. The van der Waals surface area contributed by atoms with Crippen molar-refractivity contribution in [3.05, 3.63) is 16.4 Å². The van der Waals surface area contributed by atoms with Gasteiger partial charge in [0.15, 0.2) is 5.82 Å². The number of nitrogens with zero attached hydrogens (tertiary/aromatic N) is 6. The third-order valence-corrected chi connectivity index (χ3v) is 9.15. The molecule has 5 rings (SSSR count). The number of amides is 3. The minimum atomic E-state index is -1.14. The van der Waals surface area contributed by atoms with Crippen molar-refractivity contribution in [1.82, 2.24) is 40.6 Å². The van der Waals surface area contributed by atoms with Crippen LogP contribution in [0.3, 0.4) is 0 Å². The van der Waals surface area contributed by atoms with Gasteiger partial charge in [-0.05, 0) is 36.6 Å². The third kappa shape index (κ3) is 4.60. The SMILES string of the molecule is C[C@@H](NC(=O)Cn1nnnc1C1CC1)[C@H]1C(=O)N2C(C(=O)O)=C(S[C@@H]3CN[C@H](C(=O)N(C)C)C3)[C@H](C)[C@H]12. The number of hydrogen-bond donors (Lipinski definition) is 3. The molecule has 0 bridgehead atoms. The highest BCUT2D eigenvalue weighted by molar-refractivity contribution is 8.03. The number of likely N-dealkylation sites (N-methyl/N-ethyl adjacent to an activating group) is 1. The van der Waals surface area contributed by atoms with Crippen molar-refractivity contribution in [2.75, 3.05) is 20.6 Å². The summed E-state index contributed by atoms with van der Waals surface area (Å²) < 4.78 is 1.50. The average molecular weight is 533 g/mol. The standard InChI is InChI=1S/C23H32N8O5S/c1-10-17-16(11(2)25-15(32)9-30-20(12-5-6-12)26-27-28-30)22(34)31(17)18(23(35)36)19(10)37-13-7-14(24-8-13)21(33)29(3)4/h10-14,16-17,24H,5-9H2,1-4H3,(H,25,32)(H,35,36)/t10-,11-,13+,14+,16-,17-/m1/s1. The number of hydrogen-bond acceptors (Lipinski definition) is 9. The smallest absolute Gasteiger partial charge is 0.353 e. The van der Waals surface area contributed by atoms with E-state index in [0.29, 0.717) is 29.6 Å². The number of fused-ring (bicyclic) bond motifs is 1. The molecule has 0 radical (unpaired) electrons. The minimum Gasteiger partial charge on any atom is -0.477 e. The fraction of sp³-hybridized carbons (Fsp3) is 0.696. The molecule has 1 saturated carbocycles. The van der Waals surface area contributed by atoms with Crippen molar-refractivity contribution < 1.29 is 24.3 Å². The van der Waals surface area contributed by atoms with Gasteiger partial charge in [-0.2, -0.15) is 0 Å². The van der Waals surface area contributed by atoms with Crippen LogP contribution in [-0.4, -0.2) is 103 Å². The molecular formula is C23H32N8O5S. The zero-order valence-corrected chi connectivity index (χ0v) is 22.1. The van der Waals surface area contributed by atoms with Crippen LogP contribution < -0.4 is 10.6 Å². The predicted molar refractivity (Wildman–Crippen MR) is 132 cm³/mol. The second kappa shape index (κ2) is 9.71. The van der Waals surface area contributed by atoms with Crippen molar-refractivity contribution in [3.63, 3.8) is 0 Å². The molecular weight excluding hydrogens is 500 g/mol. The number of carboxylic acid groups (broad SMARTS) is 1. The number of carbonyl (C=O) groups is 4. The molecule has 3 aliphatic heterocycles. The summed E-state index contributed by atoms with van der Waals surface area (Å²) in [6.45, 7) is 4.25. The maximum absolute atomic E-state index is 13.2. The lowest BCUT2D eigenvalue weighted by Gasteiger charge is -2.47. The molecule has 0 unspecified atom stereocenters. The average Bonchev–Trinajstić information content (AvgIpc) is 3.28. The summed E-state index contributed by atoms with van der Waals surface area (Å²) >= 11 is 1.44. The van der Waals surface area contributed by atoms with Gasteiger partial charge in [0.1, 0.15) is 12.2 Å². The van der Waals surface area contributed by atoms with Gasteiger partial charge >= 0.3 is 5.97 Å². The molecule has 1 aromatic rings. The Hall–Kier alpha value is -3.00. The molecule has 4 aliphatic rings. The number of aromatic nitrogens is 4. The first-order valence-corrected chi connectivity index (χ1v) is 13.4. The van der Waals surface area contributed by atoms with E-state index < -0.39 is 17.9 Å². The topological polar surface area (TPSA) is 163 Å². The second-order valence-electron chi connectivity index (χ2n) is 10.5. The van der Waals surface area contributed by atoms with Crippen LogP contribution >= 0.6 is 11.8 Å². The Morgan fingerprint density at radius 1 is 1.30 bits per heavy atom. The van der Waals surface area contributed by atoms with Crippen molar-refractivity contribution in [3.8, 4) is 0 Å². The first-order chi connectivity index (χ1) is 17.6. The normalized spacial score (nSPS) is 29.7. The third-order valence-electron chi connectivity index (χ3n) is 7.64. The molecule has 14 heteroatoms. The van der Waals surface area contributed by atoms with Crippen LogP contribution in [0.2, 0.25) is 0 Å². The maximum Gasteiger partial charge on any atom is 0.353 e. The summed E-state index contributed by atoms with van der Waals surface area (Å²) in [5.74, 6) is -1.49. The highest BCUT2D eigenvalue weighted by Gasteiger charge is 2.60. The number of β-lactam (4-membered cyclic amide) rings is 1. The number of aliphatic carboxylic acids is 1. The highest BCUT2D eigenvalue weighted by Crippen LogP contribution is 2.51. The fourth-order valence-electron chi connectivity index (χ4n) is 5.65. The highest BCUT2D eigenvalue weighted by atomic mass is 32.2. The monoisotopic (exact) mass is 532 g/mol. The van der Waals surface area contributed by atoms with Crippen LogP contribution in [-0.2, 0) is 25.7 Å². The zero-order valence-electron chi connectivity index (χ0n) is 21.2. The summed E-state index contributed by atoms with van der Waals surface area (Å²) in [5, 5.41) is 27.7. The Morgan fingerprint density at radius 2 is 2.03 bits per heavy atom. The number of rotatable bonds is 9. The quantitative estimate of drug-likeness (QED) is 0.349. The number of carbonyl (C=O) groups excluding carboxylic acids is 3. The van der Waals surface area contributed by atoms with E-state index in [9.17, 15) is 24.3 Å². The molecule has 1 aromatic heterocycles. The second-order valence-corrected chi connectivity index (χ2v) is 11.9. The number of nitrogens with one attached hydrogen (secondary N) is 2. The van der Waals surface area contributed by atoms with E-state index in [1.54, 1.807) is 25.9 Å². The van der Waals surface area contributed by atoms with Crippen molar-refractivity contribution >= 4 is 35.5 Å². The molecule has 2 saturated heterocycles. The molecule has 6 atom stereocenters. The van der Waals surface area contributed by atoms with Crippen LogP contribution in [0, 0.1) is 11.8 Å². The van der Waals surface area contributed by atoms with E-state index in [1.807, 2.05) is 6.92 Å². The van der Waals surface area contributed by atoms with E-state index in [-0.39, 0.29) is 53.2 Å². The number of carboxylic acids is 1. The van der Waals surface area contributed by atoms with Gasteiger partial charge < -0.3 is 25.5 Å². The Labute approximate surface area is 218 Å². The van der Waals surface area contributed by atoms with Gasteiger partial charge in [0.2, 0.25) is 17.7 Å². The lowest BCUT2D eigenvalue weighted by atomic mass is 9.78. The summed E-state index contributed by atoms with van der Waals surface area (Å²) in [6, 6.07) is -1.14. The molecule has 3 fully saturated rings. The van der Waals surface area contributed by atoms with Gasteiger partial charge in [0.05, 0.1) is 18.0 Å². The molecule has 0 aromatic carbocycles. The van der Waals surface area contributed by atoms with E-state index in [4.69, 9.17) is 0 Å². The summed E-state index contributed by atoms with van der Waals surface area (Å²) in [6.07, 6.45) is 2.60. The number of tetrazole rings is 1. The molecule has 3 amide bonds. The summed E-state index contributed by atoms with van der Waals surface area (Å²) in [5.41, 5.74) is 0.0208. The van der Waals surface area contributed by atoms with E-state index in [0.717, 1.165) is 12.8 Å².